The first-order valence-corrected chi connectivity index (χ1v) is 7.21. The fourth-order valence-corrected chi connectivity index (χ4v) is 2.86. The van der Waals surface area contributed by atoms with Gasteiger partial charge in [-0.2, -0.15) is 0 Å². The van der Waals surface area contributed by atoms with E-state index < -0.39 is 0 Å². The predicted molar refractivity (Wildman–Crippen MR) is 80.5 cm³/mol. The summed E-state index contributed by atoms with van der Waals surface area (Å²) < 4.78 is 5.26. The third kappa shape index (κ3) is 4.00. The van der Waals surface area contributed by atoms with Gasteiger partial charge in [0.05, 0.1) is 19.8 Å². The summed E-state index contributed by atoms with van der Waals surface area (Å²) in [5.41, 5.74) is 1.21. The third-order valence-electron chi connectivity index (χ3n) is 4.00. The van der Waals surface area contributed by atoms with Gasteiger partial charge < -0.3 is 9.84 Å². The Morgan fingerprint density at radius 1 is 1.35 bits per heavy atom. The number of aliphatic hydroxyl groups excluding tert-OH is 1. The summed E-state index contributed by atoms with van der Waals surface area (Å²) in [5, 5.41) is 9.62. The zero-order valence-electron chi connectivity index (χ0n) is 12.1. The van der Waals surface area contributed by atoms with E-state index in [4.69, 9.17) is 11.2 Å². The van der Waals surface area contributed by atoms with Crippen molar-refractivity contribution in [3.63, 3.8) is 0 Å². The molecule has 1 aliphatic carbocycles. The molecule has 0 saturated heterocycles. The average Bonchev–Trinajstić information content (AvgIpc) is 2.48. The molecular weight excluding hydrogens is 250 g/mol. The van der Waals surface area contributed by atoms with Gasteiger partial charge in [0, 0.05) is 12.6 Å². The van der Waals surface area contributed by atoms with Crippen LogP contribution >= 0.6 is 0 Å². The molecule has 1 saturated carbocycles. The lowest BCUT2D eigenvalue weighted by Gasteiger charge is -2.34. The first-order valence-electron chi connectivity index (χ1n) is 7.21. The molecule has 0 bridgehead atoms. The fraction of sp³-hybridized carbons (Fsp3) is 0.529. The second kappa shape index (κ2) is 7.33. The van der Waals surface area contributed by atoms with Crippen LogP contribution in [-0.2, 0) is 6.54 Å². The van der Waals surface area contributed by atoms with Crippen LogP contribution in [0.1, 0.15) is 31.2 Å². The number of aliphatic hydroxyl groups is 1. The molecule has 1 aliphatic rings. The second-order valence-electron chi connectivity index (χ2n) is 5.42. The van der Waals surface area contributed by atoms with Crippen molar-refractivity contribution in [1.29, 1.82) is 0 Å². The standard InChI is InChI=1S/C17H23NO2/c1-3-11-18(15-7-9-16(19)10-8-15)13-14-5-4-6-17(12-14)20-2/h1,4-6,12,15-16,19H,7-11,13H2,2H3. The molecule has 0 heterocycles. The molecule has 3 heteroatoms. The van der Waals surface area contributed by atoms with Crippen molar-refractivity contribution < 1.29 is 9.84 Å². The lowest BCUT2D eigenvalue weighted by molar-refractivity contribution is 0.0765. The Morgan fingerprint density at radius 3 is 2.75 bits per heavy atom. The minimum Gasteiger partial charge on any atom is -0.497 e. The normalized spacial score (nSPS) is 22.5. The largest absolute Gasteiger partial charge is 0.497 e. The van der Waals surface area contributed by atoms with Crippen LogP contribution in [0, 0.1) is 12.3 Å². The minimum absolute atomic E-state index is 0.129. The second-order valence-corrected chi connectivity index (χ2v) is 5.42. The quantitative estimate of drug-likeness (QED) is 0.836. The topological polar surface area (TPSA) is 32.7 Å². The molecule has 0 amide bonds. The number of methoxy groups -OCH3 is 1. The Labute approximate surface area is 121 Å². The van der Waals surface area contributed by atoms with Gasteiger partial charge in [0.1, 0.15) is 5.75 Å². The van der Waals surface area contributed by atoms with Crippen molar-refractivity contribution in [2.24, 2.45) is 0 Å². The van der Waals surface area contributed by atoms with Gasteiger partial charge in [-0.15, -0.1) is 6.42 Å². The highest BCUT2D eigenvalue weighted by atomic mass is 16.5. The number of nitrogens with zero attached hydrogens (tertiary/aromatic N) is 1. The molecule has 1 fully saturated rings. The zero-order chi connectivity index (χ0) is 14.4. The highest BCUT2D eigenvalue weighted by Gasteiger charge is 2.24. The van der Waals surface area contributed by atoms with Gasteiger partial charge in [0.25, 0.3) is 0 Å². The first-order chi connectivity index (χ1) is 9.72. The van der Waals surface area contributed by atoms with Crippen LogP contribution in [0.2, 0.25) is 0 Å². The molecule has 0 aromatic heterocycles. The summed E-state index contributed by atoms with van der Waals surface area (Å²) in [4.78, 5) is 2.33. The van der Waals surface area contributed by atoms with Gasteiger partial charge in [-0.05, 0) is 43.4 Å². The monoisotopic (exact) mass is 273 g/mol. The van der Waals surface area contributed by atoms with E-state index in [0.717, 1.165) is 38.0 Å². The third-order valence-corrected chi connectivity index (χ3v) is 4.00. The van der Waals surface area contributed by atoms with Crippen molar-refractivity contribution in [2.75, 3.05) is 13.7 Å². The van der Waals surface area contributed by atoms with Crippen LogP contribution in [0.4, 0.5) is 0 Å². The Bertz CT molecular complexity index is 458. The smallest absolute Gasteiger partial charge is 0.119 e. The molecule has 20 heavy (non-hydrogen) atoms. The molecule has 0 atom stereocenters. The van der Waals surface area contributed by atoms with Crippen molar-refractivity contribution in [3.8, 4) is 18.1 Å². The maximum Gasteiger partial charge on any atom is 0.119 e. The van der Waals surface area contributed by atoms with Gasteiger partial charge in [-0.3, -0.25) is 4.90 Å². The molecule has 108 valence electrons. The van der Waals surface area contributed by atoms with E-state index in [2.05, 4.69) is 23.0 Å². The van der Waals surface area contributed by atoms with Crippen LogP contribution < -0.4 is 4.74 Å². The van der Waals surface area contributed by atoms with Crippen LogP contribution in [0.25, 0.3) is 0 Å². The molecule has 1 N–H and O–H groups in total. The summed E-state index contributed by atoms with van der Waals surface area (Å²) in [6, 6.07) is 8.59. The summed E-state index contributed by atoms with van der Waals surface area (Å²) >= 11 is 0. The van der Waals surface area contributed by atoms with E-state index >= 15 is 0 Å². The van der Waals surface area contributed by atoms with Crippen LogP contribution in [0.3, 0.4) is 0 Å². The molecule has 0 radical (unpaired) electrons. The van der Waals surface area contributed by atoms with Gasteiger partial charge in [-0.25, -0.2) is 0 Å². The Balaban J connectivity index is 2.03. The Morgan fingerprint density at radius 2 is 2.10 bits per heavy atom. The molecule has 1 aromatic rings. The highest BCUT2D eigenvalue weighted by Crippen LogP contribution is 2.25. The van der Waals surface area contributed by atoms with Gasteiger partial charge in [-0.1, -0.05) is 18.1 Å². The molecule has 0 aliphatic heterocycles. The molecule has 0 unspecified atom stereocenters. The predicted octanol–water partition coefficient (Wildman–Crippen LogP) is 2.43. The average molecular weight is 273 g/mol. The number of hydrogen-bond acceptors (Lipinski definition) is 3. The summed E-state index contributed by atoms with van der Waals surface area (Å²) in [6.07, 6.45) is 9.18. The van der Waals surface area contributed by atoms with E-state index in [1.165, 1.54) is 5.56 Å². The molecule has 0 spiro atoms. The van der Waals surface area contributed by atoms with Gasteiger partial charge in [0.15, 0.2) is 0 Å². The van der Waals surface area contributed by atoms with Crippen molar-refractivity contribution in [1.82, 2.24) is 4.90 Å². The van der Waals surface area contributed by atoms with Crippen molar-refractivity contribution in [2.45, 2.75) is 44.4 Å². The number of benzene rings is 1. The first kappa shape index (κ1) is 14.9. The number of hydrogen-bond donors (Lipinski definition) is 1. The lowest BCUT2D eigenvalue weighted by atomic mass is 9.91. The SMILES string of the molecule is C#CCN(Cc1cccc(OC)c1)C1CCC(O)CC1. The number of terminal acetylenes is 1. The van der Waals surface area contributed by atoms with E-state index in [-0.39, 0.29) is 6.10 Å². The summed E-state index contributed by atoms with van der Waals surface area (Å²) in [7, 11) is 1.68. The number of ether oxygens (including phenoxy) is 1. The lowest BCUT2D eigenvalue weighted by Crippen LogP contribution is -2.38. The van der Waals surface area contributed by atoms with Gasteiger partial charge >= 0.3 is 0 Å². The minimum atomic E-state index is -0.129. The Hall–Kier alpha value is -1.50. The van der Waals surface area contributed by atoms with Gasteiger partial charge in [0.2, 0.25) is 0 Å². The molecular formula is C17H23NO2. The van der Waals surface area contributed by atoms with Crippen LogP contribution in [0.15, 0.2) is 24.3 Å². The van der Waals surface area contributed by atoms with Crippen LogP contribution in [-0.4, -0.2) is 35.8 Å². The Kier molecular flexibility index (Phi) is 5.46. The van der Waals surface area contributed by atoms with Crippen LogP contribution in [0.5, 0.6) is 5.75 Å². The summed E-state index contributed by atoms with van der Waals surface area (Å²) in [5.74, 6) is 3.63. The maximum atomic E-state index is 9.62. The maximum absolute atomic E-state index is 9.62. The highest BCUT2D eigenvalue weighted by molar-refractivity contribution is 5.28. The van der Waals surface area contributed by atoms with Crippen molar-refractivity contribution in [3.05, 3.63) is 29.8 Å². The number of rotatable bonds is 5. The fourth-order valence-electron chi connectivity index (χ4n) is 2.86. The van der Waals surface area contributed by atoms with E-state index in [1.54, 1.807) is 7.11 Å². The van der Waals surface area contributed by atoms with E-state index in [9.17, 15) is 5.11 Å². The van der Waals surface area contributed by atoms with E-state index in [1.807, 2.05) is 12.1 Å². The molecule has 2 rings (SSSR count). The van der Waals surface area contributed by atoms with E-state index in [0.29, 0.717) is 12.6 Å². The summed E-state index contributed by atoms with van der Waals surface area (Å²) in [6.45, 7) is 1.49. The van der Waals surface area contributed by atoms with Crippen molar-refractivity contribution >= 4 is 0 Å². The molecule has 3 nitrogen and oxygen atoms in total. The zero-order valence-corrected chi connectivity index (χ0v) is 12.1. The molecule has 1 aromatic carbocycles.